The number of nitrogens with one attached hydrogen (secondary N) is 1. The van der Waals surface area contributed by atoms with Crippen LogP contribution in [0.2, 0.25) is 10.0 Å². The first-order valence-electron chi connectivity index (χ1n) is 6.93. The highest BCUT2D eigenvalue weighted by Gasteiger charge is 2.09. The fourth-order valence-corrected chi connectivity index (χ4v) is 2.16. The first kappa shape index (κ1) is 17.0. The van der Waals surface area contributed by atoms with Crippen LogP contribution >= 0.6 is 23.2 Å². The minimum Gasteiger partial charge on any atom is -0.489 e. The maximum absolute atomic E-state index is 9.91. The van der Waals surface area contributed by atoms with Gasteiger partial charge in [-0.15, -0.1) is 0 Å². The largest absolute Gasteiger partial charge is 0.489 e. The molecule has 0 fully saturated rings. The van der Waals surface area contributed by atoms with Crippen molar-refractivity contribution in [2.24, 2.45) is 0 Å². The zero-order valence-electron chi connectivity index (χ0n) is 12.2. The van der Waals surface area contributed by atoms with E-state index in [1.54, 1.807) is 18.2 Å². The van der Waals surface area contributed by atoms with Crippen LogP contribution in [0, 0.1) is 6.92 Å². The highest BCUT2D eigenvalue weighted by Crippen LogP contribution is 2.31. The molecule has 0 saturated heterocycles. The summed E-state index contributed by atoms with van der Waals surface area (Å²) in [6.45, 7) is 3.11. The Hall–Kier alpha value is -1.33. The van der Waals surface area contributed by atoms with Gasteiger partial charge in [0.15, 0.2) is 0 Å². The van der Waals surface area contributed by atoms with Crippen LogP contribution in [0.3, 0.4) is 0 Å². The predicted octanol–water partition coefficient (Wildman–Crippen LogP) is 3.23. The van der Waals surface area contributed by atoms with Gasteiger partial charge in [-0.25, -0.2) is 0 Å². The second-order valence-electron chi connectivity index (χ2n) is 4.97. The average Bonchev–Trinajstić information content (AvgIpc) is 2.51. The number of pyridine rings is 1. The van der Waals surface area contributed by atoms with Gasteiger partial charge in [0.2, 0.25) is 0 Å². The molecule has 4 nitrogen and oxygen atoms in total. The number of aromatic nitrogens is 1. The van der Waals surface area contributed by atoms with Gasteiger partial charge in [0, 0.05) is 19.3 Å². The lowest BCUT2D eigenvalue weighted by Gasteiger charge is -2.14. The van der Waals surface area contributed by atoms with Crippen molar-refractivity contribution in [3.05, 3.63) is 57.8 Å². The lowest BCUT2D eigenvalue weighted by molar-refractivity contribution is 0.106. The number of aliphatic hydroxyl groups is 1. The molecule has 0 saturated carbocycles. The van der Waals surface area contributed by atoms with E-state index in [9.17, 15) is 5.11 Å². The van der Waals surface area contributed by atoms with E-state index in [1.807, 2.05) is 25.3 Å². The second kappa shape index (κ2) is 8.34. The van der Waals surface area contributed by atoms with E-state index < -0.39 is 6.10 Å². The van der Waals surface area contributed by atoms with Crippen LogP contribution in [0.15, 0.2) is 36.5 Å². The van der Waals surface area contributed by atoms with Crippen LogP contribution in [0.4, 0.5) is 0 Å². The number of halogens is 2. The Bertz CT molecular complexity index is 606. The summed E-state index contributed by atoms with van der Waals surface area (Å²) in [7, 11) is 0. The molecule has 2 rings (SSSR count). The number of hydrogen-bond acceptors (Lipinski definition) is 4. The van der Waals surface area contributed by atoms with E-state index in [4.69, 9.17) is 27.9 Å². The van der Waals surface area contributed by atoms with Crippen LogP contribution in [0.1, 0.15) is 11.3 Å². The normalized spacial score (nSPS) is 12.2. The van der Waals surface area contributed by atoms with Crippen molar-refractivity contribution in [2.45, 2.75) is 19.6 Å². The molecule has 2 N–H and O–H groups in total. The minimum atomic E-state index is -0.652. The van der Waals surface area contributed by atoms with E-state index >= 15 is 0 Å². The molecule has 0 radical (unpaired) electrons. The van der Waals surface area contributed by atoms with Gasteiger partial charge in [-0.2, -0.15) is 0 Å². The summed E-state index contributed by atoms with van der Waals surface area (Å²) < 4.78 is 5.48. The van der Waals surface area contributed by atoms with E-state index in [2.05, 4.69) is 10.3 Å². The number of aliphatic hydroxyl groups excluding tert-OH is 1. The zero-order valence-corrected chi connectivity index (χ0v) is 13.7. The fourth-order valence-electron chi connectivity index (χ4n) is 1.81. The van der Waals surface area contributed by atoms with Crippen molar-refractivity contribution >= 4 is 23.2 Å². The van der Waals surface area contributed by atoms with Crippen LogP contribution in [-0.4, -0.2) is 29.3 Å². The third-order valence-corrected chi connectivity index (χ3v) is 3.81. The molecule has 2 aromatic rings. The molecule has 1 unspecified atom stereocenters. The number of benzene rings is 1. The third-order valence-electron chi connectivity index (χ3n) is 3.01. The molecule has 1 heterocycles. The molecule has 0 aliphatic rings. The summed E-state index contributed by atoms with van der Waals surface area (Å²) in [4.78, 5) is 4.28. The van der Waals surface area contributed by atoms with Crippen molar-refractivity contribution in [2.75, 3.05) is 13.2 Å². The van der Waals surface area contributed by atoms with Crippen molar-refractivity contribution < 1.29 is 9.84 Å². The molecule has 1 aromatic carbocycles. The van der Waals surface area contributed by atoms with Crippen LogP contribution in [0.25, 0.3) is 0 Å². The zero-order chi connectivity index (χ0) is 15.9. The van der Waals surface area contributed by atoms with Crippen LogP contribution in [-0.2, 0) is 6.54 Å². The lowest BCUT2D eigenvalue weighted by atomic mass is 10.2. The van der Waals surface area contributed by atoms with Gasteiger partial charge in [-0.1, -0.05) is 35.3 Å². The topological polar surface area (TPSA) is 54.4 Å². The van der Waals surface area contributed by atoms with Gasteiger partial charge in [0.25, 0.3) is 0 Å². The Morgan fingerprint density at radius 2 is 2.09 bits per heavy atom. The standard InChI is InChI=1S/C16H18Cl2N2O2/c1-11-5-6-12(20-7-11)8-19-9-13(21)10-22-15-4-2-3-14(17)16(15)18/h2-7,13,19,21H,8-10H2,1H3. The number of rotatable bonds is 7. The second-order valence-corrected chi connectivity index (χ2v) is 5.76. The van der Waals surface area contributed by atoms with E-state index in [1.165, 1.54) is 0 Å². The maximum atomic E-state index is 9.91. The average molecular weight is 341 g/mol. The van der Waals surface area contributed by atoms with Gasteiger partial charge in [0.1, 0.15) is 23.5 Å². The summed E-state index contributed by atoms with van der Waals surface area (Å²) in [6.07, 6.45) is 1.16. The van der Waals surface area contributed by atoms with Crippen molar-refractivity contribution in [1.82, 2.24) is 10.3 Å². The fraction of sp³-hybridized carbons (Fsp3) is 0.312. The molecule has 0 spiro atoms. The van der Waals surface area contributed by atoms with Crippen LogP contribution < -0.4 is 10.1 Å². The van der Waals surface area contributed by atoms with Crippen molar-refractivity contribution in [1.29, 1.82) is 0 Å². The highest BCUT2D eigenvalue weighted by molar-refractivity contribution is 6.42. The highest BCUT2D eigenvalue weighted by atomic mass is 35.5. The molecule has 1 aromatic heterocycles. The third kappa shape index (κ3) is 5.14. The van der Waals surface area contributed by atoms with Gasteiger partial charge in [-0.3, -0.25) is 4.98 Å². The minimum absolute atomic E-state index is 0.133. The summed E-state index contributed by atoms with van der Waals surface area (Å²) >= 11 is 11.9. The molecule has 0 bridgehead atoms. The Morgan fingerprint density at radius 1 is 1.27 bits per heavy atom. The maximum Gasteiger partial charge on any atom is 0.139 e. The molecular formula is C16H18Cl2N2O2. The van der Waals surface area contributed by atoms with Crippen LogP contribution in [0.5, 0.6) is 5.75 Å². The monoisotopic (exact) mass is 340 g/mol. The SMILES string of the molecule is Cc1ccc(CNCC(O)COc2cccc(Cl)c2Cl)nc1. The Balaban J connectivity index is 1.73. The van der Waals surface area contributed by atoms with E-state index in [-0.39, 0.29) is 6.61 Å². The van der Waals surface area contributed by atoms with Gasteiger partial charge >= 0.3 is 0 Å². The summed E-state index contributed by atoms with van der Waals surface area (Å²) in [5.74, 6) is 0.466. The van der Waals surface area contributed by atoms with Crippen molar-refractivity contribution in [3.63, 3.8) is 0 Å². The summed E-state index contributed by atoms with van der Waals surface area (Å²) in [6, 6.07) is 9.10. The molecule has 1 atom stereocenters. The summed E-state index contributed by atoms with van der Waals surface area (Å²) in [5.41, 5.74) is 2.05. The van der Waals surface area contributed by atoms with Gasteiger partial charge in [0.05, 0.1) is 10.7 Å². The molecule has 0 amide bonds. The first-order valence-corrected chi connectivity index (χ1v) is 7.69. The Morgan fingerprint density at radius 3 is 2.82 bits per heavy atom. The smallest absolute Gasteiger partial charge is 0.139 e. The van der Waals surface area contributed by atoms with E-state index in [0.717, 1.165) is 11.3 Å². The number of nitrogens with zero attached hydrogens (tertiary/aromatic N) is 1. The molecule has 22 heavy (non-hydrogen) atoms. The quantitative estimate of drug-likeness (QED) is 0.812. The first-order chi connectivity index (χ1) is 10.6. The lowest BCUT2D eigenvalue weighted by Crippen LogP contribution is -2.31. The molecule has 118 valence electrons. The Labute approximate surface area is 140 Å². The Kier molecular flexibility index (Phi) is 6.46. The molecule has 0 aliphatic heterocycles. The summed E-state index contributed by atoms with van der Waals surface area (Å²) in [5, 5.41) is 13.8. The van der Waals surface area contributed by atoms with Gasteiger partial charge in [-0.05, 0) is 30.7 Å². The van der Waals surface area contributed by atoms with Crippen molar-refractivity contribution in [3.8, 4) is 5.75 Å². The molecule has 6 heteroatoms. The van der Waals surface area contributed by atoms with Gasteiger partial charge < -0.3 is 15.2 Å². The number of aryl methyl sites for hydroxylation is 1. The predicted molar refractivity (Wildman–Crippen MR) is 88.6 cm³/mol. The molecular weight excluding hydrogens is 323 g/mol. The number of ether oxygens (including phenoxy) is 1. The number of hydrogen-bond donors (Lipinski definition) is 2. The van der Waals surface area contributed by atoms with E-state index in [0.29, 0.717) is 28.9 Å². The molecule has 0 aliphatic carbocycles.